The van der Waals surface area contributed by atoms with Crippen molar-refractivity contribution in [2.24, 2.45) is 5.73 Å². The first kappa shape index (κ1) is 14.7. The second-order valence-corrected chi connectivity index (χ2v) is 5.24. The first-order chi connectivity index (χ1) is 9.52. The summed E-state index contributed by atoms with van der Waals surface area (Å²) in [5, 5.41) is 4.17. The molecule has 0 aliphatic carbocycles. The second-order valence-electron chi connectivity index (χ2n) is 4.39. The molecule has 2 rings (SSSR count). The van der Waals surface area contributed by atoms with E-state index in [0.29, 0.717) is 12.2 Å². The zero-order valence-corrected chi connectivity index (χ0v) is 12.9. The van der Waals surface area contributed by atoms with Gasteiger partial charge in [0.2, 0.25) is 0 Å². The number of carbonyl (C=O) groups excluding carboxylic acids is 1. The van der Waals surface area contributed by atoms with Crippen LogP contribution in [-0.4, -0.2) is 22.4 Å². The average Bonchev–Trinajstić information content (AvgIpc) is 2.88. The largest absolute Gasteiger partial charge is 0.462 e. The minimum Gasteiger partial charge on any atom is -0.462 e. The molecule has 0 aliphatic heterocycles. The molecule has 1 aromatic heterocycles. The Morgan fingerprint density at radius 2 is 2.30 bits per heavy atom. The first-order valence-electron chi connectivity index (χ1n) is 6.30. The summed E-state index contributed by atoms with van der Waals surface area (Å²) in [5.74, 6) is -0.370. The van der Waals surface area contributed by atoms with Crippen LogP contribution in [0.5, 0.6) is 0 Å². The fraction of sp³-hybridized carbons (Fsp3) is 0.286. The number of benzene rings is 1. The van der Waals surface area contributed by atoms with Gasteiger partial charge in [0.05, 0.1) is 24.1 Å². The van der Waals surface area contributed by atoms with Crippen LogP contribution in [0.15, 0.2) is 35.1 Å². The van der Waals surface area contributed by atoms with Crippen molar-refractivity contribution in [2.45, 2.75) is 19.9 Å². The monoisotopic (exact) mass is 337 g/mol. The standard InChI is InChI=1S/C14H16BrN3O2/c1-3-20-14(19)10-7-17-18(8-10)11-4-5-12(9(2)16)13(15)6-11/h4-9H,3,16H2,1-2H3. The molecule has 106 valence electrons. The molecule has 2 N–H and O–H groups in total. The molecule has 0 fully saturated rings. The van der Waals surface area contributed by atoms with Gasteiger partial charge in [0.1, 0.15) is 0 Å². The van der Waals surface area contributed by atoms with E-state index in [0.717, 1.165) is 15.7 Å². The average molecular weight is 338 g/mol. The highest BCUT2D eigenvalue weighted by molar-refractivity contribution is 9.10. The summed E-state index contributed by atoms with van der Waals surface area (Å²) < 4.78 is 7.48. The number of hydrogen-bond acceptors (Lipinski definition) is 4. The predicted octanol–water partition coefficient (Wildman–Crippen LogP) is 2.83. The molecular formula is C14H16BrN3O2. The van der Waals surface area contributed by atoms with E-state index in [1.165, 1.54) is 6.20 Å². The van der Waals surface area contributed by atoms with Gasteiger partial charge in [-0.05, 0) is 31.5 Å². The van der Waals surface area contributed by atoms with Crippen molar-refractivity contribution in [3.05, 3.63) is 46.2 Å². The summed E-state index contributed by atoms with van der Waals surface area (Å²) in [5.41, 5.74) is 8.16. The van der Waals surface area contributed by atoms with Crippen LogP contribution >= 0.6 is 15.9 Å². The number of aromatic nitrogens is 2. The number of hydrogen-bond donors (Lipinski definition) is 1. The quantitative estimate of drug-likeness (QED) is 0.871. The van der Waals surface area contributed by atoms with E-state index in [-0.39, 0.29) is 12.0 Å². The predicted molar refractivity (Wildman–Crippen MR) is 79.8 cm³/mol. The molecule has 2 aromatic rings. The van der Waals surface area contributed by atoms with Crippen molar-refractivity contribution in [1.82, 2.24) is 9.78 Å². The van der Waals surface area contributed by atoms with Crippen LogP contribution in [0.25, 0.3) is 5.69 Å². The molecular weight excluding hydrogens is 322 g/mol. The normalized spacial score (nSPS) is 12.2. The van der Waals surface area contributed by atoms with E-state index in [9.17, 15) is 4.79 Å². The molecule has 0 aliphatic rings. The van der Waals surface area contributed by atoms with Gasteiger partial charge in [-0.1, -0.05) is 22.0 Å². The Morgan fingerprint density at radius 3 is 2.90 bits per heavy atom. The van der Waals surface area contributed by atoms with Crippen LogP contribution < -0.4 is 5.73 Å². The molecule has 0 saturated heterocycles. The Morgan fingerprint density at radius 1 is 1.55 bits per heavy atom. The van der Waals surface area contributed by atoms with E-state index < -0.39 is 0 Å². The molecule has 1 atom stereocenters. The van der Waals surface area contributed by atoms with Crippen molar-refractivity contribution >= 4 is 21.9 Å². The van der Waals surface area contributed by atoms with Gasteiger partial charge >= 0.3 is 5.97 Å². The molecule has 1 heterocycles. The van der Waals surface area contributed by atoms with Gasteiger partial charge in [-0.3, -0.25) is 0 Å². The molecule has 0 amide bonds. The Balaban J connectivity index is 2.28. The van der Waals surface area contributed by atoms with E-state index in [1.807, 2.05) is 25.1 Å². The third-order valence-corrected chi connectivity index (χ3v) is 3.52. The number of rotatable bonds is 4. The Kier molecular flexibility index (Phi) is 4.57. The third-order valence-electron chi connectivity index (χ3n) is 2.83. The van der Waals surface area contributed by atoms with Crippen molar-refractivity contribution in [3.63, 3.8) is 0 Å². The van der Waals surface area contributed by atoms with Crippen LogP contribution in [0.4, 0.5) is 0 Å². The fourth-order valence-electron chi connectivity index (χ4n) is 1.81. The molecule has 1 unspecified atom stereocenters. The summed E-state index contributed by atoms with van der Waals surface area (Å²) in [7, 11) is 0. The Hall–Kier alpha value is -1.66. The van der Waals surface area contributed by atoms with Gasteiger partial charge in [-0.15, -0.1) is 0 Å². The lowest BCUT2D eigenvalue weighted by atomic mass is 10.1. The highest BCUT2D eigenvalue weighted by Crippen LogP contribution is 2.24. The summed E-state index contributed by atoms with van der Waals surface area (Å²) in [6, 6.07) is 5.72. The molecule has 0 radical (unpaired) electrons. The lowest BCUT2D eigenvalue weighted by Crippen LogP contribution is -2.06. The number of carbonyl (C=O) groups is 1. The zero-order valence-electron chi connectivity index (χ0n) is 11.3. The summed E-state index contributed by atoms with van der Waals surface area (Å²) >= 11 is 3.49. The smallest absolute Gasteiger partial charge is 0.341 e. The maximum Gasteiger partial charge on any atom is 0.341 e. The molecule has 1 aromatic carbocycles. The highest BCUT2D eigenvalue weighted by atomic mass is 79.9. The molecule has 0 saturated carbocycles. The second kappa shape index (κ2) is 6.19. The van der Waals surface area contributed by atoms with Gasteiger partial charge < -0.3 is 10.5 Å². The van der Waals surface area contributed by atoms with Crippen molar-refractivity contribution < 1.29 is 9.53 Å². The van der Waals surface area contributed by atoms with E-state index in [1.54, 1.807) is 17.8 Å². The molecule has 0 bridgehead atoms. The van der Waals surface area contributed by atoms with Gasteiger partial charge in [0, 0.05) is 16.7 Å². The lowest BCUT2D eigenvalue weighted by molar-refractivity contribution is 0.0526. The summed E-state index contributed by atoms with van der Waals surface area (Å²) in [4.78, 5) is 11.6. The highest BCUT2D eigenvalue weighted by Gasteiger charge is 2.11. The topological polar surface area (TPSA) is 70.1 Å². The number of esters is 1. The molecule has 20 heavy (non-hydrogen) atoms. The first-order valence-corrected chi connectivity index (χ1v) is 7.09. The maximum atomic E-state index is 11.6. The summed E-state index contributed by atoms with van der Waals surface area (Å²) in [6.45, 7) is 4.04. The zero-order chi connectivity index (χ0) is 14.7. The number of nitrogens with zero attached hydrogens (tertiary/aromatic N) is 2. The number of ether oxygens (including phenoxy) is 1. The van der Waals surface area contributed by atoms with E-state index in [2.05, 4.69) is 21.0 Å². The third kappa shape index (κ3) is 3.08. The minimum atomic E-state index is -0.370. The van der Waals surface area contributed by atoms with Crippen molar-refractivity contribution in [2.75, 3.05) is 6.61 Å². The van der Waals surface area contributed by atoms with Crippen LogP contribution in [-0.2, 0) is 4.74 Å². The molecule has 5 nitrogen and oxygen atoms in total. The minimum absolute atomic E-state index is 0.0499. The lowest BCUT2D eigenvalue weighted by Gasteiger charge is -2.10. The van der Waals surface area contributed by atoms with Crippen LogP contribution in [0, 0.1) is 0 Å². The van der Waals surface area contributed by atoms with Gasteiger partial charge in [-0.25, -0.2) is 9.48 Å². The fourth-order valence-corrected chi connectivity index (χ4v) is 2.54. The maximum absolute atomic E-state index is 11.6. The van der Waals surface area contributed by atoms with E-state index >= 15 is 0 Å². The van der Waals surface area contributed by atoms with Crippen LogP contribution in [0.3, 0.4) is 0 Å². The molecule has 6 heteroatoms. The number of halogens is 1. The van der Waals surface area contributed by atoms with E-state index in [4.69, 9.17) is 10.5 Å². The van der Waals surface area contributed by atoms with Crippen LogP contribution in [0.1, 0.15) is 35.8 Å². The van der Waals surface area contributed by atoms with Gasteiger partial charge in [-0.2, -0.15) is 5.10 Å². The Bertz CT molecular complexity index is 623. The van der Waals surface area contributed by atoms with Crippen molar-refractivity contribution in [3.8, 4) is 5.69 Å². The number of nitrogens with two attached hydrogens (primary N) is 1. The summed E-state index contributed by atoms with van der Waals surface area (Å²) in [6.07, 6.45) is 3.14. The van der Waals surface area contributed by atoms with Crippen molar-refractivity contribution in [1.29, 1.82) is 0 Å². The van der Waals surface area contributed by atoms with Gasteiger partial charge in [0.25, 0.3) is 0 Å². The van der Waals surface area contributed by atoms with Gasteiger partial charge in [0.15, 0.2) is 0 Å². The SMILES string of the molecule is CCOC(=O)c1cnn(-c2ccc(C(C)N)c(Br)c2)c1. The van der Waals surface area contributed by atoms with Crippen LogP contribution in [0.2, 0.25) is 0 Å². The Labute approximate surface area is 125 Å². The molecule has 0 spiro atoms.